The van der Waals surface area contributed by atoms with Crippen molar-refractivity contribution in [2.24, 2.45) is 5.92 Å². The molecule has 2 fully saturated rings. The predicted octanol–water partition coefficient (Wildman–Crippen LogP) is 9.68. The molecule has 3 atom stereocenters. The largest absolute Gasteiger partial charge is 0.491 e. The van der Waals surface area contributed by atoms with E-state index in [4.69, 9.17) is 33.2 Å². The standard InChI is InChI=1S/C54H42O12/c55-29-44-28-50(44)64-46-15-11-35-23-43(9-5-37(35)25-46)54(59)66-48-17-13-34-21-41(7-3-39(34)27-48)52(57)61-19-1-18-60-51(56)40-6-2-38-26-47(16-12-33(38)20-40)65-53(58)42-8-4-36-24-45(14-10-32(36)22-42)62-30-49-31-63-49/h2-17,20-27,44,49-50,55H,1,18-19,28-31H2. The maximum Gasteiger partial charge on any atom is 0.343 e. The summed E-state index contributed by atoms with van der Waals surface area (Å²) >= 11 is 0. The van der Waals surface area contributed by atoms with Gasteiger partial charge < -0.3 is 38.3 Å². The van der Waals surface area contributed by atoms with Gasteiger partial charge in [0.1, 0.15) is 41.8 Å². The van der Waals surface area contributed by atoms with E-state index in [1.54, 1.807) is 97.1 Å². The fourth-order valence-corrected chi connectivity index (χ4v) is 7.66. The van der Waals surface area contributed by atoms with Gasteiger partial charge in [-0.05, 0) is 147 Å². The van der Waals surface area contributed by atoms with Crippen molar-refractivity contribution >= 4 is 67.0 Å². The van der Waals surface area contributed by atoms with E-state index in [1.165, 1.54) is 0 Å². The summed E-state index contributed by atoms with van der Waals surface area (Å²) in [7, 11) is 0. The lowest BCUT2D eigenvalue weighted by Gasteiger charge is -2.10. The van der Waals surface area contributed by atoms with Gasteiger partial charge in [-0.25, -0.2) is 19.2 Å². The number of carbonyl (C=O) groups is 4. The third-order valence-corrected chi connectivity index (χ3v) is 11.6. The Balaban J connectivity index is 0.669. The molecule has 12 heteroatoms. The number of rotatable bonds is 16. The van der Waals surface area contributed by atoms with Gasteiger partial charge in [0.25, 0.3) is 0 Å². The summed E-state index contributed by atoms with van der Waals surface area (Å²) in [5, 5.41) is 16.0. The molecule has 1 heterocycles. The highest BCUT2D eigenvalue weighted by molar-refractivity contribution is 6.00. The normalized spacial score (nSPS) is 16.2. The molecule has 2 aliphatic rings. The van der Waals surface area contributed by atoms with Gasteiger partial charge in [-0.2, -0.15) is 0 Å². The number of esters is 4. The lowest BCUT2D eigenvalue weighted by Crippen LogP contribution is -2.11. The highest BCUT2D eigenvalue weighted by Gasteiger charge is 2.38. The van der Waals surface area contributed by atoms with E-state index in [1.807, 2.05) is 48.5 Å². The van der Waals surface area contributed by atoms with Crippen LogP contribution in [0.2, 0.25) is 0 Å². The molecule has 0 amide bonds. The molecule has 0 spiro atoms. The summed E-state index contributed by atoms with van der Waals surface area (Å²) in [6, 6.07) is 42.6. The molecule has 12 nitrogen and oxygen atoms in total. The van der Waals surface area contributed by atoms with Gasteiger partial charge in [0.15, 0.2) is 0 Å². The number of carbonyl (C=O) groups excluding carboxylic acids is 4. The molecule has 1 N–H and O–H groups in total. The summed E-state index contributed by atoms with van der Waals surface area (Å²) in [5.74, 6) is 0.354. The molecule has 330 valence electrons. The van der Waals surface area contributed by atoms with E-state index in [0.29, 0.717) is 46.8 Å². The van der Waals surface area contributed by atoms with Gasteiger partial charge in [-0.15, -0.1) is 0 Å². The number of hydrogen-bond acceptors (Lipinski definition) is 12. The van der Waals surface area contributed by atoms with E-state index in [-0.39, 0.29) is 37.9 Å². The van der Waals surface area contributed by atoms with E-state index in [2.05, 4.69) is 0 Å². The number of hydrogen-bond donors (Lipinski definition) is 1. The number of epoxide rings is 1. The molecule has 0 radical (unpaired) electrons. The number of benzene rings is 8. The van der Waals surface area contributed by atoms with Gasteiger partial charge in [-0.1, -0.05) is 48.5 Å². The van der Waals surface area contributed by atoms with Crippen molar-refractivity contribution in [1.82, 2.24) is 0 Å². The first-order valence-corrected chi connectivity index (χ1v) is 21.7. The van der Waals surface area contributed by atoms with Crippen LogP contribution in [0, 0.1) is 5.92 Å². The van der Waals surface area contributed by atoms with Crippen molar-refractivity contribution in [3.05, 3.63) is 168 Å². The van der Waals surface area contributed by atoms with Crippen LogP contribution >= 0.6 is 0 Å². The summed E-state index contributed by atoms with van der Waals surface area (Å²) in [4.78, 5) is 51.9. The molecule has 8 aromatic carbocycles. The Morgan fingerprint density at radius 3 is 1.30 bits per heavy atom. The Kier molecular flexibility index (Phi) is 11.7. The van der Waals surface area contributed by atoms with E-state index < -0.39 is 23.9 Å². The fourth-order valence-electron chi connectivity index (χ4n) is 7.66. The van der Waals surface area contributed by atoms with Crippen molar-refractivity contribution in [1.29, 1.82) is 0 Å². The minimum absolute atomic E-state index is 0.0408. The summed E-state index contributed by atoms with van der Waals surface area (Å²) < 4.78 is 39.2. The van der Waals surface area contributed by atoms with Gasteiger partial charge >= 0.3 is 23.9 Å². The third kappa shape index (κ3) is 9.80. The number of fused-ring (bicyclic) bond motifs is 4. The Hall–Kier alpha value is -7.80. The lowest BCUT2D eigenvalue weighted by atomic mass is 10.1. The van der Waals surface area contributed by atoms with Gasteiger partial charge in [0.2, 0.25) is 0 Å². The molecule has 0 aromatic heterocycles. The molecule has 1 saturated heterocycles. The second-order valence-electron chi connectivity index (χ2n) is 16.4. The zero-order chi connectivity index (χ0) is 45.1. The molecule has 10 rings (SSSR count). The quantitative estimate of drug-likeness (QED) is 0.0425. The lowest BCUT2D eigenvalue weighted by molar-refractivity contribution is 0.0395. The summed E-state index contributed by atoms with van der Waals surface area (Å²) in [5.41, 5.74) is 1.51. The molecule has 1 saturated carbocycles. The average Bonchev–Trinajstić information content (AvgIpc) is 4.30. The predicted molar refractivity (Wildman–Crippen MR) is 246 cm³/mol. The maximum absolute atomic E-state index is 13.1. The molecule has 8 aromatic rings. The highest BCUT2D eigenvalue weighted by atomic mass is 16.6. The van der Waals surface area contributed by atoms with Gasteiger partial charge in [0.05, 0.1) is 42.1 Å². The zero-order valence-corrected chi connectivity index (χ0v) is 35.5. The maximum atomic E-state index is 13.1. The minimum atomic E-state index is -0.521. The number of aliphatic hydroxyl groups is 1. The van der Waals surface area contributed by atoms with Crippen LogP contribution in [-0.4, -0.2) is 74.2 Å². The van der Waals surface area contributed by atoms with E-state index in [0.717, 1.165) is 67.6 Å². The van der Waals surface area contributed by atoms with Crippen LogP contribution in [0.4, 0.5) is 0 Å². The molecular formula is C54H42O12. The second-order valence-corrected chi connectivity index (χ2v) is 16.4. The average molecular weight is 883 g/mol. The highest BCUT2D eigenvalue weighted by Crippen LogP contribution is 2.35. The molecule has 1 aliphatic heterocycles. The van der Waals surface area contributed by atoms with Crippen LogP contribution in [-0.2, 0) is 14.2 Å². The Bertz CT molecular complexity index is 3190. The first kappa shape index (κ1) is 42.2. The number of aliphatic hydroxyl groups excluding tert-OH is 1. The van der Waals surface area contributed by atoms with Crippen molar-refractivity contribution in [2.75, 3.05) is 33.0 Å². The van der Waals surface area contributed by atoms with Crippen molar-refractivity contribution in [2.45, 2.75) is 25.0 Å². The van der Waals surface area contributed by atoms with Crippen molar-refractivity contribution in [3.63, 3.8) is 0 Å². The van der Waals surface area contributed by atoms with Crippen LogP contribution in [0.3, 0.4) is 0 Å². The molecule has 1 aliphatic carbocycles. The smallest absolute Gasteiger partial charge is 0.343 e. The SMILES string of the molecule is O=C(OCCCOC(=O)c1ccc2cc(OC(=O)c3ccc4cc(OC5CC5CO)ccc4c3)ccc2c1)c1ccc2cc(OC(=O)c3ccc4cc(OCC5CO5)ccc4c3)ccc2c1. The molecule has 66 heavy (non-hydrogen) atoms. The fraction of sp³-hybridized carbons (Fsp3) is 0.185. The molecular weight excluding hydrogens is 841 g/mol. The van der Waals surface area contributed by atoms with Crippen LogP contribution in [0.1, 0.15) is 54.3 Å². The second kappa shape index (κ2) is 18.4. The molecule has 0 bridgehead atoms. The summed E-state index contributed by atoms with van der Waals surface area (Å²) in [6.45, 7) is 1.44. The van der Waals surface area contributed by atoms with Crippen molar-refractivity contribution < 1.29 is 57.4 Å². The Morgan fingerprint density at radius 1 is 0.485 bits per heavy atom. The Labute approximate surface area is 378 Å². The van der Waals surface area contributed by atoms with Crippen LogP contribution < -0.4 is 18.9 Å². The van der Waals surface area contributed by atoms with E-state index in [9.17, 15) is 24.3 Å². The minimum Gasteiger partial charge on any atom is -0.491 e. The first-order valence-electron chi connectivity index (χ1n) is 21.7. The molecule has 3 unspecified atom stereocenters. The van der Waals surface area contributed by atoms with Crippen LogP contribution in [0.5, 0.6) is 23.0 Å². The monoisotopic (exact) mass is 882 g/mol. The topological polar surface area (TPSA) is 156 Å². The third-order valence-electron chi connectivity index (χ3n) is 11.6. The Morgan fingerprint density at radius 2 is 0.864 bits per heavy atom. The van der Waals surface area contributed by atoms with Crippen molar-refractivity contribution in [3.8, 4) is 23.0 Å². The van der Waals surface area contributed by atoms with Gasteiger partial charge in [-0.3, -0.25) is 0 Å². The number of ether oxygens (including phenoxy) is 7. The van der Waals surface area contributed by atoms with Crippen LogP contribution in [0.25, 0.3) is 43.1 Å². The van der Waals surface area contributed by atoms with E-state index >= 15 is 0 Å². The summed E-state index contributed by atoms with van der Waals surface area (Å²) in [6.07, 6.45) is 1.35. The first-order chi connectivity index (χ1) is 32.2. The van der Waals surface area contributed by atoms with Crippen LogP contribution in [0.15, 0.2) is 146 Å². The van der Waals surface area contributed by atoms with Gasteiger partial charge in [0, 0.05) is 18.9 Å². The zero-order valence-electron chi connectivity index (χ0n) is 35.5.